The van der Waals surface area contributed by atoms with Crippen molar-refractivity contribution in [3.63, 3.8) is 0 Å². The van der Waals surface area contributed by atoms with Crippen LogP contribution in [0.4, 0.5) is 10.1 Å². The lowest BCUT2D eigenvalue weighted by atomic mass is 10.1. The summed E-state index contributed by atoms with van der Waals surface area (Å²) in [6.45, 7) is 3.00. The Labute approximate surface area is 177 Å². The van der Waals surface area contributed by atoms with Crippen LogP contribution >= 0.6 is 11.6 Å². The third kappa shape index (κ3) is 3.58. The van der Waals surface area contributed by atoms with Crippen LogP contribution in [0.5, 0.6) is 5.75 Å². The summed E-state index contributed by atoms with van der Waals surface area (Å²) in [6, 6.07) is 9.76. The zero-order valence-electron chi connectivity index (χ0n) is 16.3. The summed E-state index contributed by atoms with van der Waals surface area (Å²) < 4.78 is 15.0. The number of halogens is 2. The molecule has 1 N–H and O–H groups in total. The van der Waals surface area contributed by atoms with Gasteiger partial charge in [-0.1, -0.05) is 17.7 Å². The zero-order chi connectivity index (χ0) is 21.4. The van der Waals surface area contributed by atoms with Crippen LogP contribution in [0.25, 0.3) is 11.0 Å². The maximum atomic E-state index is 13.6. The number of hydrogen-bond donors (Lipinski definition) is 1. The van der Waals surface area contributed by atoms with Crippen LogP contribution in [0.15, 0.2) is 35.1 Å². The molecule has 0 radical (unpaired) electrons. The first kappa shape index (κ1) is 20.1. The van der Waals surface area contributed by atoms with Crippen molar-refractivity contribution in [3.8, 4) is 11.8 Å². The fraction of sp³-hybridized carbons (Fsp3) is 0.286. The predicted molar refractivity (Wildman–Crippen MR) is 112 cm³/mol. The van der Waals surface area contributed by atoms with Crippen LogP contribution in [0, 0.1) is 17.1 Å². The van der Waals surface area contributed by atoms with Crippen molar-refractivity contribution in [2.75, 3.05) is 31.1 Å². The highest BCUT2D eigenvalue weighted by atomic mass is 35.5. The Hall–Kier alpha value is -3.15. The van der Waals surface area contributed by atoms with Gasteiger partial charge >= 0.3 is 0 Å². The summed E-state index contributed by atoms with van der Waals surface area (Å²) in [7, 11) is 1.61. The summed E-state index contributed by atoms with van der Waals surface area (Å²) in [5, 5.41) is 19.3. The van der Waals surface area contributed by atoms with Crippen molar-refractivity contribution >= 4 is 28.3 Å². The van der Waals surface area contributed by atoms with E-state index in [2.05, 4.69) is 9.88 Å². The number of piperazine rings is 1. The highest BCUT2D eigenvalue weighted by molar-refractivity contribution is 6.29. The highest BCUT2D eigenvalue weighted by Crippen LogP contribution is 2.29. The van der Waals surface area contributed by atoms with Crippen molar-refractivity contribution in [3.05, 3.63) is 62.8 Å². The third-order valence-electron chi connectivity index (χ3n) is 5.40. The molecule has 1 aliphatic rings. The molecule has 7 nitrogen and oxygen atoms in total. The maximum Gasteiger partial charge on any atom is 0.270 e. The van der Waals surface area contributed by atoms with E-state index in [1.165, 1.54) is 16.7 Å². The molecule has 0 aliphatic carbocycles. The number of benzene rings is 1. The Kier molecular flexibility index (Phi) is 5.33. The molecule has 3 aromatic rings. The Morgan fingerprint density at radius 1 is 1.23 bits per heavy atom. The third-order valence-corrected chi connectivity index (χ3v) is 5.61. The predicted octanol–water partition coefficient (Wildman–Crippen LogP) is 2.63. The summed E-state index contributed by atoms with van der Waals surface area (Å²) in [4.78, 5) is 21.3. The van der Waals surface area contributed by atoms with E-state index in [1.54, 1.807) is 25.2 Å². The van der Waals surface area contributed by atoms with Crippen LogP contribution in [-0.4, -0.2) is 45.7 Å². The molecule has 9 heteroatoms. The summed E-state index contributed by atoms with van der Waals surface area (Å²) in [6.07, 6.45) is 0. The molecule has 2 aromatic heterocycles. The van der Waals surface area contributed by atoms with E-state index in [-0.39, 0.29) is 16.9 Å². The van der Waals surface area contributed by atoms with Crippen molar-refractivity contribution < 1.29 is 9.50 Å². The highest BCUT2D eigenvalue weighted by Gasteiger charge is 2.25. The summed E-state index contributed by atoms with van der Waals surface area (Å²) in [5.74, 6) is -1.00. The van der Waals surface area contributed by atoms with Gasteiger partial charge in [0.2, 0.25) is 0 Å². The first-order valence-corrected chi connectivity index (χ1v) is 9.81. The molecule has 0 unspecified atom stereocenters. The number of nitrogens with zero attached hydrogens (tertiary/aromatic N) is 5. The van der Waals surface area contributed by atoms with E-state index >= 15 is 0 Å². The van der Waals surface area contributed by atoms with Crippen molar-refractivity contribution in [1.82, 2.24) is 14.5 Å². The number of phenols is 1. The van der Waals surface area contributed by atoms with E-state index in [0.29, 0.717) is 54.6 Å². The molecule has 1 saturated heterocycles. The number of fused-ring (bicyclic) bond motifs is 1. The van der Waals surface area contributed by atoms with Crippen LogP contribution < -0.4 is 10.5 Å². The summed E-state index contributed by atoms with van der Waals surface area (Å²) >= 11 is 6.10. The molecule has 154 valence electrons. The van der Waals surface area contributed by atoms with Crippen LogP contribution in [-0.2, 0) is 13.6 Å². The fourth-order valence-corrected chi connectivity index (χ4v) is 3.96. The molecule has 0 amide bonds. The van der Waals surface area contributed by atoms with Crippen molar-refractivity contribution in [1.29, 1.82) is 5.26 Å². The lowest BCUT2D eigenvalue weighted by molar-refractivity contribution is 0.249. The number of aromatic hydroxyl groups is 1. The first-order chi connectivity index (χ1) is 14.4. The van der Waals surface area contributed by atoms with E-state index in [4.69, 9.17) is 11.6 Å². The lowest BCUT2D eigenvalue weighted by Gasteiger charge is -2.36. The van der Waals surface area contributed by atoms with Crippen LogP contribution in [0.1, 0.15) is 11.1 Å². The van der Waals surface area contributed by atoms with Gasteiger partial charge in [0, 0.05) is 39.8 Å². The number of phenolic OH excluding ortho intramolecular Hbond substituents is 1. The smallest absolute Gasteiger partial charge is 0.270 e. The molecule has 4 rings (SSSR count). The number of pyridine rings is 2. The topological polar surface area (TPSA) is 85.4 Å². The van der Waals surface area contributed by atoms with E-state index < -0.39 is 5.82 Å². The van der Waals surface area contributed by atoms with Gasteiger partial charge in [0.15, 0.2) is 11.6 Å². The number of rotatable bonds is 3. The largest absolute Gasteiger partial charge is 0.505 e. The number of aromatic nitrogens is 2. The Morgan fingerprint density at radius 2 is 1.97 bits per heavy atom. The molecular formula is C21H19ClFN5O2. The van der Waals surface area contributed by atoms with Crippen molar-refractivity contribution in [2.24, 2.45) is 7.05 Å². The van der Waals surface area contributed by atoms with Gasteiger partial charge in [0.1, 0.15) is 22.3 Å². The molecular weight excluding hydrogens is 409 g/mol. The zero-order valence-corrected chi connectivity index (χ0v) is 17.0. The molecule has 0 saturated carbocycles. The molecule has 1 aliphatic heterocycles. The molecule has 1 aromatic carbocycles. The number of aryl methyl sites for hydroxylation is 1. The van der Waals surface area contributed by atoms with Crippen LogP contribution in [0.2, 0.25) is 5.15 Å². The van der Waals surface area contributed by atoms with Gasteiger partial charge < -0.3 is 14.6 Å². The fourth-order valence-electron chi connectivity index (χ4n) is 3.81. The maximum absolute atomic E-state index is 13.6. The number of nitriles is 1. The normalized spacial score (nSPS) is 14.8. The quantitative estimate of drug-likeness (QED) is 0.647. The van der Waals surface area contributed by atoms with Crippen molar-refractivity contribution in [2.45, 2.75) is 6.54 Å². The standard InChI is InChI=1S/C21H19ClFN5O2/c1-26-16-3-5-18(22)25-19(16)20(14(11-24)21(26)30)28-8-6-27(7-9-28)12-13-2-4-17(29)15(23)10-13/h2-5,10,29H,6-9,12H2,1H3. The molecule has 0 bridgehead atoms. The van der Waals surface area contributed by atoms with E-state index in [9.17, 15) is 19.6 Å². The van der Waals surface area contributed by atoms with Gasteiger partial charge in [-0.3, -0.25) is 9.69 Å². The molecule has 30 heavy (non-hydrogen) atoms. The second-order valence-corrected chi connectivity index (χ2v) is 7.64. The van der Waals surface area contributed by atoms with Crippen LogP contribution in [0.3, 0.4) is 0 Å². The van der Waals surface area contributed by atoms with Gasteiger partial charge in [0.05, 0.1) is 11.2 Å². The van der Waals surface area contributed by atoms with E-state index in [1.807, 2.05) is 11.0 Å². The Bertz CT molecular complexity index is 1230. The molecule has 1 fully saturated rings. The lowest BCUT2D eigenvalue weighted by Crippen LogP contribution is -2.47. The Morgan fingerprint density at radius 3 is 2.63 bits per heavy atom. The average Bonchev–Trinajstić information content (AvgIpc) is 2.74. The second-order valence-electron chi connectivity index (χ2n) is 7.25. The molecule has 0 spiro atoms. The molecule has 0 atom stereocenters. The monoisotopic (exact) mass is 427 g/mol. The van der Waals surface area contributed by atoms with Gasteiger partial charge in [0.25, 0.3) is 5.56 Å². The van der Waals surface area contributed by atoms with Gasteiger partial charge in [-0.25, -0.2) is 9.37 Å². The van der Waals surface area contributed by atoms with Gasteiger partial charge in [-0.15, -0.1) is 0 Å². The number of anilines is 1. The minimum Gasteiger partial charge on any atom is -0.505 e. The number of hydrogen-bond acceptors (Lipinski definition) is 6. The minimum atomic E-state index is -0.639. The first-order valence-electron chi connectivity index (χ1n) is 9.43. The minimum absolute atomic E-state index is 0.0498. The van der Waals surface area contributed by atoms with Gasteiger partial charge in [-0.2, -0.15) is 5.26 Å². The van der Waals surface area contributed by atoms with E-state index in [0.717, 1.165) is 5.56 Å². The SMILES string of the molecule is Cn1c(=O)c(C#N)c(N2CCN(Cc3ccc(O)c(F)c3)CC2)c2nc(Cl)ccc21. The second kappa shape index (κ2) is 7.94. The average molecular weight is 428 g/mol. The van der Waals surface area contributed by atoms with Gasteiger partial charge in [-0.05, 0) is 29.8 Å². The molecule has 3 heterocycles. The Balaban J connectivity index is 1.62. The summed E-state index contributed by atoms with van der Waals surface area (Å²) in [5.41, 5.74) is 2.09.